The number of carbonyl (C=O) groups excluding carboxylic acids is 1. The molecule has 2 heterocycles. The minimum atomic E-state index is -1.41. The Morgan fingerprint density at radius 3 is 2.46 bits per heavy atom. The van der Waals surface area contributed by atoms with E-state index >= 15 is 0 Å². The van der Waals surface area contributed by atoms with Crippen molar-refractivity contribution in [1.82, 2.24) is 4.90 Å². The molecule has 4 rings (SSSR count). The molecule has 3 nitrogen and oxygen atoms in total. The second-order valence-electron chi connectivity index (χ2n) is 5.87. The fourth-order valence-corrected chi connectivity index (χ4v) is 4.03. The van der Waals surface area contributed by atoms with Crippen LogP contribution < -0.4 is 0 Å². The van der Waals surface area contributed by atoms with Crippen LogP contribution in [0.15, 0.2) is 72.1 Å². The van der Waals surface area contributed by atoms with Gasteiger partial charge >= 0.3 is 0 Å². The van der Waals surface area contributed by atoms with Crippen molar-refractivity contribution in [2.45, 2.75) is 12.1 Å². The second-order valence-corrected chi connectivity index (χ2v) is 6.90. The van der Waals surface area contributed by atoms with Gasteiger partial charge in [0.05, 0.1) is 0 Å². The largest absolute Gasteiger partial charge is 0.363 e. The van der Waals surface area contributed by atoms with Crippen LogP contribution in [-0.2, 0) is 12.1 Å². The number of hydrogen-bond acceptors (Lipinski definition) is 3. The van der Waals surface area contributed by atoms with Gasteiger partial charge in [-0.3, -0.25) is 4.79 Å². The molecule has 1 atom stereocenters. The summed E-state index contributed by atoms with van der Waals surface area (Å²) in [5.74, 6) is -0.117. The average molecular weight is 335 g/mol. The third-order valence-electron chi connectivity index (χ3n) is 4.51. The third kappa shape index (κ3) is 2.27. The Kier molecular flexibility index (Phi) is 3.71. The molecule has 0 aliphatic carbocycles. The van der Waals surface area contributed by atoms with Gasteiger partial charge in [-0.2, -0.15) is 0 Å². The summed E-state index contributed by atoms with van der Waals surface area (Å²) in [5, 5.41) is 13.6. The molecule has 1 unspecified atom stereocenters. The van der Waals surface area contributed by atoms with Crippen molar-refractivity contribution < 1.29 is 9.90 Å². The fraction of sp³-hybridized carbons (Fsp3) is 0.150. The first-order valence-electron chi connectivity index (χ1n) is 7.93. The van der Waals surface area contributed by atoms with Crippen molar-refractivity contribution >= 4 is 17.2 Å². The Hall–Kier alpha value is -2.43. The van der Waals surface area contributed by atoms with E-state index in [0.717, 1.165) is 12.0 Å². The van der Waals surface area contributed by atoms with E-state index in [1.165, 1.54) is 4.88 Å². The van der Waals surface area contributed by atoms with Crippen LogP contribution in [0.5, 0.6) is 0 Å². The molecule has 0 saturated heterocycles. The van der Waals surface area contributed by atoms with Gasteiger partial charge in [-0.1, -0.05) is 54.6 Å². The Morgan fingerprint density at radius 1 is 0.958 bits per heavy atom. The SMILES string of the molecule is O=C1c2ccccc2C(O)(c2ccccc2)N1CCc1cccs1. The van der Waals surface area contributed by atoms with Crippen molar-refractivity contribution in [3.05, 3.63) is 93.7 Å². The lowest BCUT2D eigenvalue weighted by Gasteiger charge is -2.34. The molecule has 1 aliphatic heterocycles. The zero-order chi connectivity index (χ0) is 16.6. The van der Waals surface area contributed by atoms with Crippen LogP contribution in [0.1, 0.15) is 26.4 Å². The van der Waals surface area contributed by atoms with E-state index in [1.807, 2.05) is 60.0 Å². The van der Waals surface area contributed by atoms with E-state index in [1.54, 1.807) is 22.3 Å². The van der Waals surface area contributed by atoms with Gasteiger partial charge in [0, 0.05) is 28.1 Å². The molecular formula is C20H17NO2S. The van der Waals surface area contributed by atoms with E-state index in [-0.39, 0.29) is 5.91 Å². The second kappa shape index (κ2) is 5.89. The maximum atomic E-state index is 12.9. The molecule has 1 aliphatic rings. The highest BCUT2D eigenvalue weighted by molar-refractivity contribution is 7.09. The maximum Gasteiger partial charge on any atom is 0.257 e. The smallest absolute Gasteiger partial charge is 0.257 e. The van der Waals surface area contributed by atoms with Gasteiger partial charge in [0.1, 0.15) is 0 Å². The van der Waals surface area contributed by atoms with Gasteiger partial charge in [0.25, 0.3) is 5.91 Å². The number of fused-ring (bicyclic) bond motifs is 1. The van der Waals surface area contributed by atoms with Crippen LogP contribution in [-0.4, -0.2) is 22.5 Å². The summed E-state index contributed by atoms with van der Waals surface area (Å²) in [4.78, 5) is 15.7. The number of hydrogen-bond donors (Lipinski definition) is 1. The topological polar surface area (TPSA) is 40.5 Å². The Morgan fingerprint density at radius 2 is 1.71 bits per heavy atom. The minimum absolute atomic E-state index is 0.117. The molecule has 3 aromatic rings. The molecule has 24 heavy (non-hydrogen) atoms. The first-order chi connectivity index (χ1) is 11.7. The summed E-state index contributed by atoms with van der Waals surface area (Å²) in [5.41, 5.74) is 0.545. The standard InChI is InChI=1S/C20H17NO2S/c22-19-17-10-4-5-11-18(17)20(23,15-7-2-1-3-8-15)21(19)13-12-16-9-6-14-24-16/h1-11,14,23H,12-13H2. The van der Waals surface area contributed by atoms with E-state index in [9.17, 15) is 9.90 Å². The molecule has 0 fully saturated rings. The Bertz CT molecular complexity index is 860. The predicted molar refractivity (Wildman–Crippen MR) is 94.9 cm³/mol. The first kappa shape index (κ1) is 15.1. The van der Waals surface area contributed by atoms with Crippen molar-refractivity contribution in [3.8, 4) is 0 Å². The van der Waals surface area contributed by atoms with Crippen molar-refractivity contribution in [1.29, 1.82) is 0 Å². The van der Waals surface area contributed by atoms with Gasteiger partial charge in [-0.25, -0.2) is 0 Å². The summed E-state index contributed by atoms with van der Waals surface area (Å²) >= 11 is 1.67. The maximum absolute atomic E-state index is 12.9. The van der Waals surface area contributed by atoms with Gasteiger partial charge in [0.15, 0.2) is 5.72 Å². The monoisotopic (exact) mass is 335 g/mol. The summed E-state index contributed by atoms with van der Waals surface area (Å²) in [6.45, 7) is 0.472. The Balaban J connectivity index is 1.78. The van der Waals surface area contributed by atoms with Crippen LogP contribution in [0.3, 0.4) is 0 Å². The third-order valence-corrected chi connectivity index (χ3v) is 5.44. The summed E-state index contributed by atoms with van der Waals surface area (Å²) < 4.78 is 0. The molecule has 0 bridgehead atoms. The average Bonchev–Trinajstić information content (AvgIpc) is 3.22. The van der Waals surface area contributed by atoms with Crippen LogP contribution in [0, 0.1) is 0 Å². The van der Waals surface area contributed by atoms with E-state index in [4.69, 9.17) is 0 Å². The normalized spacial score (nSPS) is 19.5. The summed E-state index contributed by atoms with van der Waals surface area (Å²) in [6, 6.07) is 20.8. The number of amides is 1. The highest BCUT2D eigenvalue weighted by Crippen LogP contribution is 2.42. The van der Waals surface area contributed by atoms with Gasteiger partial charge in [-0.05, 0) is 23.9 Å². The predicted octanol–water partition coefficient (Wildman–Crippen LogP) is 3.64. The number of aliphatic hydroxyl groups is 1. The molecule has 120 valence electrons. The molecule has 0 spiro atoms. The molecule has 1 aromatic heterocycles. The highest BCUT2D eigenvalue weighted by atomic mass is 32.1. The van der Waals surface area contributed by atoms with Crippen LogP contribution in [0.2, 0.25) is 0 Å². The number of thiophene rings is 1. The Labute approximate surface area is 144 Å². The molecular weight excluding hydrogens is 318 g/mol. The van der Waals surface area contributed by atoms with Gasteiger partial charge < -0.3 is 10.0 Å². The number of benzene rings is 2. The van der Waals surface area contributed by atoms with Crippen molar-refractivity contribution in [3.63, 3.8) is 0 Å². The van der Waals surface area contributed by atoms with Crippen LogP contribution in [0.4, 0.5) is 0 Å². The number of carbonyl (C=O) groups is 1. The van der Waals surface area contributed by atoms with Crippen LogP contribution >= 0.6 is 11.3 Å². The minimum Gasteiger partial charge on any atom is -0.363 e. The summed E-state index contributed by atoms with van der Waals surface area (Å²) in [6.07, 6.45) is 0.729. The summed E-state index contributed by atoms with van der Waals surface area (Å²) in [7, 11) is 0. The van der Waals surface area contributed by atoms with E-state index in [0.29, 0.717) is 17.7 Å². The van der Waals surface area contributed by atoms with Crippen molar-refractivity contribution in [2.75, 3.05) is 6.54 Å². The highest BCUT2D eigenvalue weighted by Gasteiger charge is 2.49. The number of nitrogens with zero attached hydrogens (tertiary/aromatic N) is 1. The molecule has 0 saturated carbocycles. The number of rotatable bonds is 4. The lowest BCUT2D eigenvalue weighted by molar-refractivity contribution is -0.0493. The quantitative estimate of drug-likeness (QED) is 0.791. The van der Waals surface area contributed by atoms with E-state index < -0.39 is 5.72 Å². The molecule has 1 N–H and O–H groups in total. The molecule has 1 amide bonds. The lowest BCUT2D eigenvalue weighted by Crippen LogP contribution is -2.45. The van der Waals surface area contributed by atoms with E-state index in [2.05, 4.69) is 6.07 Å². The molecule has 4 heteroatoms. The lowest BCUT2D eigenvalue weighted by atomic mass is 9.94. The first-order valence-corrected chi connectivity index (χ1v) is 8.81. The van der Waals surface area contributed by atoms with Crippen LogP contribution in [0.25, 0.3) is 0 Å². The van der Waals surface area contributed by atoms with Gasteiger partial charge in [-0.15, -0.1) is 11.3 Å². The van der Waals surface area contributed by atoms with Crippen molar-refractivity contribution in [2.24, 2.45) is 0 Å². The van der Waals surface area contributed by atoms with Gasteiger partial charge in [0.2, 0.25) is 0 Å². The molecule has 2 aromatic carbocycles. The fourth-order valence-electron chi connectivity index (χ4n) is 3.33. The zero-order valence-electron chi connectivity index (χ0n) is 13.1. The molecule has 0 radical (unpaired) electrons. The zero-order valence-corrected chi connectivity index (χ0v) is 13.9.